The highest BCUT2D eigenvalue weighted by atomic mass is 15.3. The van der Waals surface area contributed by atoms with Crippen LogP contribution in [0.25, 0.3) is 0 Å². The third kappa shape index (κ3) is 4.35. The van der Waals surface area contributed by atoms with Crippen LogP contribution in [0.2, 0.25) is 0 Å². The lowest BCUT2D eigenvalue weighted by Gasteiger charge is -2.21. The Balaban J connectivity index is 1.30. The molecule has 1 saturated heterocycles. The number of likely N-dealkylation sites (tertiary alicyclic amines) is 1. The molecule has 3 heterocycles. The molecule has 0 amide bonds. The summed E-state index contributed by atoms with van der Waals surface area (Å²) in [5.74, 6) is 2.96. The number of aromatic nitrogens is 3. The van der Waals surface area contributed by atoms with E-state index in [9.17, 15) is 0 Å². The summed E-state index contributed by atoms with van der Waals surface area (Å²) in [7, 11) is 1.83. The molecule has 1 aromatic carbocycles. The first-order chi connectivity index (χ1) is 13.7. The van der Waals surface area contributed by atoms with Crippen molar-refractivity contribution in [1.29, 1.82) is 0 Å². The number of fused-ring (bicyclic) bond motifs is 1. The summed E-state index contributed by atoms with van der Waals surface area (Å²) >= 11 is 0. The molecule has 150 valence electrons. The van der Waals surface area contributed by atoms with Crippen molar-refractivity contribution in [2.24, 2.45) is 4.99 Å². The van der Waals surface area contributed by atoms with Crippen LogP contribution in [-0.4, -0.2) is 51.3 Å². The Hall–Kier alpha value is -2.41. The molecule has 2 unspecified atom stereocenters. The van der Waals surface area contributed by atoms with Crippen molar-refractivity contribution >= 4 is 5.96 Å². The van der Waals surface area contributed by atoms with Crippen LogP contribution in [-0.2, 0) is 26.1 Å². The summed E-state index contributed by atoms with van der Waals surface area (Å²) in [5, 5.41) is 15.7. The van der Waals surface area contributed by atoms with Crippen LogP contribution in [0.1, 0.15) is 43.4 Å². The highest BCUT2D eigenvalue weighted by Crippen LogP contribution is 2.20. The first kappa shape index (κ1) is 18.9. The van der Waals surface area contributed by atoms with Crippen LogP contribution in [0, 0.1) is 0 Å². The number of hydrogen-bond donors (Lipinski definition) is 2. The topological polar surface area (TPSA) is 70.4 Å². The van der Waals surface area contributed by atoms with Gasteiger partial charge in [0, 0.05) is 45.2 Å². The third-order valence-electron chi connectivity index (χ3n) is 5.85. The molecule has 1 fully saturated rings. The first-order valence-electron chi connectivity index (χ1n) is 10.4. The molecule has 1 aromatic heterocycles. The van der Waals surface area contributed by atoms with Crippen LogP contribution in [0.3, 0.4) is 0 Å². The number of guanidine groups is 1. The van der Waals surface area contributed by atoms with Crippen molar-refractivity contribution in [3.8, 4) is 0 Å². The molecule has 0 aliphatic carbocycles. The summed E-state index contributed by atoms with van der Waals surface area (Å²) < 4.78 is 2.25. The average Bonchev–Trinajstić information content (AvgIpc) is 3.29. The minimum absolute atomic E-state index is 0.400. The van der Waals surface area contributed by atoms with Gasteiger partial charge in [-0.25, -0.2) is 0 Å². The van der Waals surface area contributed by atoms with Crippen molar-refractivity contribution in [3.05, 3.63) is 47.5 Å². The molecular formula is C21H31N7. The Kier molecular flexibility index (Phi) is 5.90. The van der Waals surface area contributed by atoms with Gasteiger partial charge in [-0.05, 0) is 31.7 Å². The molecule has 28 heavy (non-hydrogen) atoms. The van der Waals surface area contributed by atoms with E-state index in [2.05, 4.69) is 72.5 Å². The van der Waals surface area contributed by atoms with Gasteiger partial charge in [-0.3, -0.25) is 9.89 Å². The van der Waals surface area contributed by atoms with Crippen LogP contribution in [0.4, 0.5) is 0 Å². The van der Waals surface area contributed by atoms with Crippen LogP contribution in [0.15, 0.2) is 35.3 Å². The van der Waals surface area contributed by atoms with Gasteiger partial charge in [-0.2, -0.15) is 0 Å². The van der Waals surface area contributed by atoms with E-state index in [1.807, 2.05) is 7.05 Å². The lowest BCUT2D eigenvalue weighted by molar-refractivity contribution is 0.258. The largest absolute Gasteiger partial charge is 0.352 e. The summed E-state index contributed by atoms with van der Waals surface area (Å²) in [4.78, 5) is 6.95. The first-order valence-corrected chi connectivity index (χ1v) is 10.4. The maximum atomic E-state index is 4.42. The second-order valence-electron chi connectivity index (χ2n) is 7.91. The Morgan fingerprint density at radius 2 is 2.07 bits per heavy atom. The van der Waals surface area contributed by atoms with Gasteiger partial charge in [0.15, 0.2) is 11.8 Å². The van der Waals surface area contributed by atoms with Crippen molar-refractivity contribution in [2.75, 3.05) is 13.6 Å². The quantitative estimate of drug-likeness (QED) is 0.612. The highest BCUT2D eigenvalue weighted by Gasteiger charge is 2.29. The van der Waals surface area contributed by atoms with Gasteiger partial charge in [0.05, 0.1) is 6.54 Å². The number of benzene rings is 1. The molecule has 2 aliphatic rings. The molecule has 0 spiro atoms. The fourth-order valence-electron chi connectivity index (χ4n) is 4.29. The number of hydrogen-bond acceptors (Lipinski definition) is 4. The van der Waals surface area contributed by atoms with Gasteiger partial charge in [-0.15, -0.1) is 10.2 Å². The molecule has 2 N–H and O–H groups in total. The molecule has 0 bridgehead atoms. The van der Waals surface area contributed by atoms with Crippen LogP contribution in [0.5, 0.6) is 0 Å². The van der Waals surface area contributed by atoms with Gasteiger partial charge >= 0.3 is 0 Å². The standard InChI is InChI=1S/C21H31N7/c1-16-12-18(15-27(16)14-17-8-4-3-5-9-17)24-21(22-2)23-13-20-26-25-19-10-6-7-11-28(19)20/h3-5,8-9,16,18H,6-7,10-15H2,1-2H3,(H2,22,23,24). The van der Waals surface area contributed by atoms with Gasteiger partial charge < -0.3 is 15.2 Å². The molecule has 0 radical (unpaired) electrons. The highest BCUT2D eigenvalue weighted by molar-refractivity contribution is 5.79. The SMILES string of the molecule is CN=C(NCc1nnc2n1CCCC2)NC1CC(C)N(Cc2ccccc2)C1. The van der Waals surface area contributed by atoms with E-state index in [4.69, 9.17) is 0 Å². The van der Waals surface area contributed by atoms with Crippen molar-refractivity contribution < 1.29 is 0 Å². The van der Waals surface area contributed by atoms with Crippen LogP contribution >= 0.6 is 0 Å². The predicted octanol–water partition coefficient (Wildman–Crippen LogP) is 1.94. The van der Waals surface area contributed by atoms with E-state index in [1.54, 1.807) is 0 Å². The number of rotatable bonds is 5. The zero-order chi connectivity index (χ0) is 19.3. The fourth-order valence-corrected chi connectivity index (χ4v) is 4.29. The van der Waals surface area contributed by atoms with E-state index in [0.29, 0.717) is 18.6 Å². The zero-order valence-electron chi connectivity index (χ0n) is 16.9. The molecule has 2 aromatic rings. The second-order valence-corrected chi connectivity index (χ2v) is 7.91. The average molecular weight is 382 g/mol. The normalized spacial score (nSPS) is 22.9. The number of nitrogens with one attached hydrogen (secondary N) is 2. The minimum Gasteiger partial charge on any atom is -0.352 e. The molecule has 0 saturated carbocycles. The predicted molar refractivity (Wildman–Crippen MR) is 111 cm³/mol. The summed E-state index contributed by atoms with van der Waals surface area (Å²) in [5.41, 5.74) is 1.37. The van der Waals surface area contributed by atoms with E-state index in [-0.39, 0.29) is 0 Å². The zero-order valence-corrected chi connectivity index (χ0v) is 16.9. The fraction of sp³-hybridized carbons (Fsp3) is 0.571. The molecular weight excluding hydrogens is 350 g/mol. The van der Waals surface area contributed by atoms with Gasteiger partial charge in [0.25, 0.3) is 0 Å². The molecule has 7 nitrogen and oxygen atoms in total. The van der Waals surface area contributed by atoms with Crippen molar-refractivity contribution in [1.82, 2.24) is 30.3 Å². The number of nitrogens with zero attached hydrogens (tertiary/aromatic N) is 5. The molecule has 4 rings (SSSR count). The Morgan fingerprint density at radius 1 is 1.21 bits per heavy atom. The van der Waals surface area contributed by atoms with E-state index in [1.165, 1.54) is 18.4 Å². The number of aliphatic imine (C=N–C) groups is 1. The lowest BCUT2D eigenvalue weighted by atomic mass is 10.2. The molecule has 7 heteroatoms. The molecule has 2 atom stereocenters. The van der Waals surface area contributed by atoms with E-state index < -0.39 is 0 Å². The van der Waals surface area contributed by atoms with E-state index >= 15 is 0 Å². The second kappa shape index (κ2) is 8.73. The summed E-state index contributed by atoms with van der Waals surface area (Å²) in [6.07, 6.45) is 4.58. The third-order valence-corrected chi connectivity index (χ3v) is 5.85. The smallest absolute Gasteiger partial charge is 0.191 e. The lowest BCUT2D eigenvalue weighted by Crippen LogP contribution is -2.44. The van der Waals surface area contributed by atoms with Gasteiger partial charge in [0.1, 0.15) is 5.82 Å². The summed E-state index contributed by atoms with van der Waals surface area (Å²) in [6, 6.07) is 11.7. The van der Waals surface area contributed by atoms with Crippen LogP contribution < -0.4 is 10.6 Å². The molecule has 2 aliphatic heterocycles. The van der Waals surface area contributed by atoms with Crippen molar-refractivity contribution in [2.45, 2.75) is 64.3 Å². The Labute approximate surface area is 167 Å². The minimum atomic E-state index is 0.400. The van der Waals surface area contributed by atoms with E-state index in [0.717, 1.165) is 50.1 Å². The maximum Gasteiger partial charge on any atom is 0.191 e. The van der Waals surface area contributed by atoms with Gasteiger partial charge in [0.2, 0.25) is 0 Å². The van der Waals surface area contributed by atoms with Gasteiger partial charge in [-0.1, -0.05) is 30.3 Å². The monoisotopic (exact) mass is 381 g/mol. The Bertz CT molecular complexity index is 798. The van der Waals surface area contributed by atoms with Crippen molar-refractivity contribution in [3.63, 3.8) is 0 Å². The Morgan fingerprint density at radius 3 is 2.89 bits per heavy atom. The maximum absolute atomic E-state index is 4.42. The summed E-state index contributed by atoms with van der Waals surface area (Å²) in [6.45, 7) is 6.02. The number of aryl methyl sites for hydroxylation is 1.